The Bertz CT molecular complexity index is 519. The van der Waals surface area contributed by atoms with Crippen molar-refractivity contribution in [1.82, 2.24) is 0 Å². The zero-order valence-electron chi connectivity index (χ0n) is 9.90. The largest absolute Gasteiger partial charge is 0.201 e. The molecule has 0 aliphatic carbocycles. The van der Waals surface area contributed by atoms with Crippen LogP contribution in [0.25, 0.3) is 10.8 Å². The third-order valence-electron chi connectivity index (χ3n) is 2.96. The van der Waals surface area contributed by atoms with Crippen molar-refractivity contribution in [3.05, 3.63) is 54.9 Å². The van der Waals surface area contributed by atoms with Crippen molar-refractivity contribution in [2.45, 2.75) is 19.4 Å². The molecule has 17 heavy (non-hydrogen) atoms. The van der Waals surface area contributed by atoms with Crippen LogP contribution in [-0.2, 0) is 13.0 Å². The van der Waals surface area contributed by atoms with Gasteiger partial charge in [0.05, 0.1) is 5.88 Å². The van der Waals surface area contributed by atoms with Gasteiger partial charge in [-0.2, -0.15) is 0 Å². The molecular weight excluding hydrogens is 230 g/mol. The molecule has 0 amide bonds. The minimum Gasteiger partial charge on any atom is -0.201 e. The SMILES string of the molecule is C=CCCc1c2ccccc2cc[n+]1CCCl. The van der Waals surface area contributed by atoms with E-state index in [0.717, 1.165) is 19.4 Å². The minimum absolute atomic E-state index is 0.643. The predicted molar refractivity (Wildman–Crippen MR) is 73.4 cm³/mol. The van der Waals surface area contributed by atoms with Crippen molar-refractivity contribution in [2.24, 2.45) is 0 Å². The molecule has 0 atom stereocenters. The predicted octanol–water partition coefficient (Wildman–Crippen LogP) is 3.48. The number of aromatic nitrogens is 1. The second kappa shape index (κ2) is 5.83. The average Bonchev–Trinajstić information content (AvgIpc) is 2.37. The van der Waals surface area contributed by atoms with E-state index in [1.54, 1.807) is 0 Å². The highest BCUT2D eigenvalue weighted by Gasteiger charge is 2.13. The van der Waals surface area contributed by atoms with E-state index in [2.05, 4.69) is 47.7 Å². The number of benzene rings is 1. The Morgan fingerprint density at radius 1 is 1.24 bits per heavy atom. The molecule has 1 aromatic carbocycles. The van der Waals surface area contributed by atoms with Crippen LogP contribution in [0, 0.1) is 0 Å². The molecule has 2 rings (SSSR count). The van der Waals surface area contributed by atoms with Crippen LogP contribution >= 0.6 is 11.6 Å². The Hall–Kier alpha value is -1.34. The van der Waals surface area contributed by atoms with E-state index in [1.165, 1.54) is 16.5 Å². The van der Waals surface area contributed by atoms with Crippen LogP contribution in [0.2, 0.25) is 0 Å². The number of alkyl halides is 1. The topological polar surface area (TPSA) is 3.88 Å². The molecule has 2 heteroatoms. The molecular formula is C15H17ClN+. The van der Waals surface area contributed by atoms with E-state index in [0.29, 0.717) is 5.88 Å². The molecule has 0 bridgehead atoms. The third kappa shape index (κ3) is 2.67. The van der Waals surface area contributed by atoms with Gasteiger partial charge in [0.2, 0.25) is 0 Å². The lowest BCUT2D eigenvalue weighted by Crippen LogP contribution is -2.39. The van der Waals surface area contributed by atoms with E-state index in [-0.39, 0.29) is 0 Å². The Kier molecular flexibility index (Phi) is 4.16. The molecule has 2 aromatic rings. The molecule has 0 fully saturated rings. The van der Waals surface area contributed by atoms with Gasteiger partial charge in [-0.15, -0.1) is 18.2 Å². The Morgan fingerprint density at radius 2 is 2.06 bits per heavy atom. The third-order valence-corrected chi connectivity index (χ3v) is 3.13. The maximum Gasteiger partial charge on any atom is 0.189 e. The summed E-state index contributed by atoms with van der Waals surface area (Å²) in [7, 11) is 0. The highest BCUT2D eigenvalue weighted by atomic mass is 35.5. The first kappa shape index (κ1) is 12.1. The van der Waals surface area contributed by atoms with E-state index >= 15 is 0 Å². The van der Waals surface area contributed by atoms with Gasteiger partial charge in [-0.3, -0.25) is 0 Å². The second-order valence-electron chi connectivity index (χ2n) is 4.06. The van der Waals surface area contributed by atoms with Crippen LogP contribution in [0.5, 0.6) is 0 Å². The van der Waals surface area contributed by atoms with E-state index < -0.39 is 0 Å². The van der Waals surface area contributed by atoms with Crippen molar-refractivity contribution in [3.8, 4) is 0 Å². The first-order chi connectivity index (χ1) is 8.36. The summed E-state index contributed by atoms with van der Waals surface area (Å²) in [5.74, 6) is 0.643. The maximum atomic E-state index is 5.85. The molecule has 0 N–H and O–H groups in total. The van der Waals surface area contributed by atoms with Gasteiger partial charge in [-0.25, -0.2) is 4.57 Å². The number of halogens is 1. The van der Waals surface area contributed by atoms with E-state index in [9.17, 15) is 0 Å². The first-order valence-corrected chi connectivity index (χ1v) is 6.47. The molecule has 88 valence electrons. The number of hydrogen-bond acceptors (Lipinski definition) is 0. The second-order valence-corrected chi connectivity index (χ2v) is 4.44. The zero-order chi connectivity index (χ0) is 12.1. The fraction of sp³-hybridized carbons (Fsp3) is 0.267. The normalized spacial score (nSPS) is 10.6. The summed E-state index contributed by atoms with van der Waals surface area (Å²) in [5.41, 5.74) is 1.35. The van der Waals surface area contributed by atoms with Crippen molar-refractivity contribution in [2.75, 3.05) is 5.88 Å². The summed E-state index contributed by atoms with van der Waals surface area (Å²) in [6.07, 6.45) is 6.11. The van der Waals surface area contributed by atoms with Crippen molar-refractivity contribution in [3.63, 3.8) is 0 Å². The van der Waals surface area contributed by atoms with Crippen LogP contribution in [0.1, 0.15) is 12.1 Å². The lowest BCUT2D eigenvalue weighted by atomic mass is 10.1. The molecule has 1 heterocycles. The quantitative estimate of drug-likeness (QED) is 0.432. The molecule has 0 spiro atoms. The van der Waals surface area contributed by atoms with Gasteiger partial charge in [0.15, 0.2) is 18.4 Å². The van der Waals surface area contributed by atoms with Crippen LogP contribution < -0.4 is 4.57 Å². The molecule has 0 saturated carbocycles. The molecule has 0 aliphatic rings. The molecule has 0 aliphatic heterocycles. The van der Waals surface area contributed by atoms with E-state index in [1.807, 2.05) is 6.08 Å². The Morgan fingerprint density at radius 3 is 2.82 bits per heavy atom. The summed E-state index contributed by atoms with van der Waals surface area (Å²) in [5, 5.41) is 2.61. The van der Waals surface area contributed by atoms with Gasteiger partial charge in [-0.1, -0.05) is 24.3 Å². The number of fused-ring (bicyclic) bond motifs is 1. The number of aryl methyl sites for hydroxylation is 2. The lowest BCUT2D eigenvalue weighted by Gasteiger charge is -2.05. The van der Waals surface area contributed by atoms with Crippen LogP contribution in [0.15, 0.2) is 49.2 Å². The van der Waals surface area contributed by atoms with Crippen molar-refractivity contribution >= 4 is 22.4 Å². The maximum absolute atomic E-state index is 5.85. The summed E-state index contributed by atoms with van der Waals surface area (Å²) >= 11 is 5.85. The van der Waals surface area contributed by atoms with Crippen LogP contribution in [-0.4, -0.2) is 5.88 Å². The fourth-order valence-corrected chi connectivity index (χ4v) is 2.32. The number of rotatable bonds is 5. The molecule has 0 radical (unpaired) electrons. The number of pyridine rings is 1. The molecule has 1 nitrogen and oxygen atoms in total. The fourth-order valence-electron chi connectivity index (χ4n) is 2.14. The number of nitrogens with zero attached hydrogens (tertiary/aromatic N) is 1. The summed E-state index contributed by atoms with van der Waals surface area (Å²) in [6, 6.07) is 10.6. The van der Waals surface area contributed by atoms with Crippen LogP contribution in [0.3, 0.4) is 0 Å². The first-order valence-electron chi connectivity index (χ1n) is 5.93. The smallest absolute Gasteiger partial charge is 0.189 e. The average molecular weight is 247 g/mol. The highest BCUT2D eigenvalue weighted by Crippen LogP contribution is 2.16. The van der Waals surface area contributed by atoms with Gasteiger partial charge >= 0.3 is 0 Å². The Labute approximate surface area is 107 Å². The molecule has 1 aromatic heterocycles. The standard InChI is InChI=1S/C15H17ClN/c1-2-3-8-15-14-7-5-4-6-13(14)9-11-17(15)12-10-16/h2,4-7,9,11H,1,3,8,10,12H2/q+1. The van der Waals surface area contributed by atoms with Gasteiger partial charge in [0, 0.05) is 17.9 Å². The Balaban J connectivity index is 2.53. The van der Waals surface area contributed by atoms with Gasteiger partial charge < -0.3 is 0 Å². The van der Waals surface area contributed by atoms with E-state index in [4.69, 9.17) is 11.6 Å². The van der Waals surface area contributed by atoms with Gasteiger partial charge in [0.1, 0.15) is 0 Å². The number of hydrogen-bond donors (Lipinski definition) is 0. The summed E-state index contributed by atoms with van der Waals surface area (Å²) in [4.78, 5) is 0. The van der Waals surface area contributed by atoms with Gasteiger partial charge in [-0.05, 0) is 17.9 Å². The zero-order valence-corrected chi connectivity index (χ0v) is 10.7. The van der Waals surface area contributed by atoms with Crippen molar-refractivity contribution < 1.29 is 4.57 Å². The summed E-state index contributed by atoms with van der Waals surface area (Å²) in [6.45, 7) is 4.66. The lowest BCUT2D eigenvalue weighted by molar-refractivity contribution is -0.698. The number of allylic oxidation sites excluding steroid dienone is 1. The van der Waals surface area contributed by atoms with Gasteiger partial charge in [0.25, 0.3) is 0 Å². The highest BCUT2D eigenvalue weighted by molar-refractivity contribution is 6.17. The molecule has 0 unspecified atom stereocenters. The van der Waals surface area contributed by atoms with Crippen LogP contribution in [0.4, 0.5) is 0 Å². The monoisotopic (exact) mass is 246 g/mol. The minimum atomic E-state index is 0.643. The summed E-state index contributed by atoms with van der Waals surface area (Å²) < 4.78 is 2.25. The molecule has 0 saturated heterocycles. The van der Waals surface area contributed by atoms with Crippen molar-refractivity contribution in [1.29, 1.82) is 0 Å².